The van der Waals surface area contributed by atoms with Crippen LogP contribution >= 0.6 is 11.6 Å². The zero-order valence-corrected chi connectivity index (χ0v) is 11.6. The van der Waals surface area contributed by atoms with Crippen LogP contribution in [0.4, 0.5) is 5.82 Å². The molecule has 1 saturated heterocycles. The highest BCUT2D eigenvalue weighted by Gasteiger charge is 2.37. The number of H-pyrrole nitrogens is 1. The van der Waals surface area contributed by atoms with Gasteiger partial charge in [-0.25, -0.2) is 0 Å². The zero-order chi connectivity index (χ0) is 13.6. The number of nitrogen functional groups attached to an aromatic ring is 1. The predicted molar refractivity (Wildman–Crippen MR) is 73.9 cm³/mol. The number of amides is 1. The fourth-order valence-electron chi connectivity index (χ4n) is 3.09. The molecule has 3 rings (SSSR count). The second-order valence-electron chi connectivity index (χ2n) is 5.52. The number of fused-ring (bicyclic) bond motifs is 1. The number of carbonyl (C=O) groups excluding carboxylic acids is 1. The fraction of sp³-hybridized carbons (Fsp3) is 0.538. The number of nitrogens with one attached hydrogen (secondary N) is 1. The second kappa shape index (κ2) is 4.56. The number of allylic oxidation sites excluding steroid dienone is 2. The second-order valence-corrected chi connectivity index (χ2v) is 5.90. The number of aromatic amines is 1. The minimum absolute atomic E-state index is 0.0961. The third kappa shape index (κ3) is 2.12. The number of aromatic nitrogens is 2. The summed E-state index contributed by atoms with van der Waals surface area (Å²) in [5.41, 5.74) is 7.30. The van der Waals surface area contributed by atoms with Crippen LogP contribution in [-0.2, 0) is 0 Å². The molecule has 0 spiro atoms. The van der Waals surface area contributed by atoms with E-state index >= 15 is 0 Å². The van der Waals surface area contributed by atoms with Gasteiger partial charge in [0.15, 0.2) is 5.82 Å². The van der Waals surface area contributed by atoms with Gasteiger partial charge >= 0.3 is 0 Å². The Morgan fingerprint density at radius 3 is 2.95 bits per heavy atom. The van der Waals surface area contributed by atoms with Crippen molar-refractivity contribution in [1.29, 1.82) is 0 Å². The van der Waals surface area contributed by atoms with E-state index in [2.05, 4.69) is 23.2 Å². The molecule has 2 atom stereocenters. The van der Waals surface area contributed by atoms with E-state index in [0.29, 0.717) is 17.5 Å². The van der Waals surface area contributed by atoms with E-state index < -0.39 is 0 Å². The maximum Gasteiger partial charge on any atom is 0.273 e. The summed E-state index contributed by atoms with van der Waals surface area (Å²) in [7, 11) is 0. The molecule has 6 heteroatoms. The summed E-state index contributed by atoms with van der Waals surface area (Å²) in [6, 6.07) is 0. The van der Waals surface area contributed by atoms with E-state index in [1.165, 1.54) is 5.57 Å². The highest BCUT2D eigenvalue weighted by molar-refractivity contribution is 6.35. The highest BCUT2D eigenvalue weighted by Crippen LogP contribution is 2.36. The van der Waals surface area contributed by atoms with Crippen molar-refractivity contribution in [3.8, 4) is 0 Å². The van der Waals surface area contributed by atoms with Crippen molar-refractivity contribution in [2.45, 2.75) is 19.8 Å². The van der Waals surface area contributed by atoms with Crippen molar-refractivity contribution in [2.75, 3.05) is 18.8 Å². The van der Waals surface area contributed by atoms with Crippen LogP contribution in [-0.4, -0.2) is 34.1 Å². The first-order valence-electron chi connectivity index (χ1n) is 6.50. The van der Waals surface area contributed by atoms with Gasteiger partial charge in [-0.15, -0.1) is 0 Å². The largest absolute Gasteiger partial charge is 0.381 e. The third-order valence-corrected chi connectivity index (χ3v) is 4.55. The predicted octanol–water partition coefficient (Wildman–Crippen LogP) is 2.07. The minimum atomic E-state index is -0.0961. The van der Waals surface area contributed by atoms with E-state index in [9.17, 15) is 4.79 Å². The van der Waals surface area contributed by atoms with Gasteiger partial charge in [-0.2, -0.15) is 5.10 Å². The van der Waals surface area contributed by atoms with Crippen molar-refractivity contribution in [2.24, 2.45) is 11.8 Å². The van der Waals surface area contributed by atoms with Gasteiger partial charge in [-0.1, -0.05) is 23.3 Å². The summed E-state index contributed by atoms with van der Waals surface area (Å²) in [5.74, 6) is 1.24. The Morgan fingerprint density at radius 1 is 1.53 bits per heavy atom. The van der Waals surface area contributed by atoms with E-state index in [-0.39, 0.29) is 16.7 Å². The van der Waals surface area contributed by atoms with E-state index in [4.69, 9.17) is 17.3 Å². The lowest BCUT2D eigenvalue weighted by molar-refractivity contribution is 0.0778. The van der Waals surface area contributed by atoms with Crippen LogP contribution < -0.4 is 5.73 Å². The highest BCUT2D eigenvalue weighted by atomic mass is 35.5. The fourth-order valence-corrected chi connectivity index (χ4v) is 3.26. The summed E-state index contributed by atoms with van der Waals surface area (Å²) in [5, 5.41) is 6.63. The summed E-state index contributed by atoms with van der Waals surface area (Å²) in [6.07, 6.45) is 4.45. The van der Waals surface area contributed by atoms with Gasteiger partial charge in [0.1, 0.15) is 10.7 Å². The average Bonchev–Trinajstić information content (AvgIpc) is 2.93. The smallest absolute Gasteiger partial charge is 0.273 e. The van der Waals surface area contributed by atoms with E-state index in [0.717, 1.165) is 25.9 Å². The summed E-state index contributed by atoms with van der Waals surface area (Å²) < 4.78 is 0. The lowest BCUT2D eigenvalue weighted by Crippen LogP contribution is -2.29. The Kier molecular flexibility index (Phi) is 3.01. The average molecular weight is 281 g/mol. The van der Waals surface area contributed by atoms with Crippen molar-refractivity contribution < 1.29 is 4.79 Å². The number of halogens is 1. The van der Waals surface area contributed by atoms with Crippen molar-refractivity contribution in [3.63, 3.8) is 0 Å². The van der Waals surface area contributed by atoms with Crippen LogP contribution in [0.5, 0.6) is 0 Å². The topological polar surface area (TPSA) is 75.0 Å². The quantitative estimate of drug-likeness (QED) is 0.773. The maximum atomic E-state index is 12.4. The molecular weight excluding hydrogens is 264 g/mol. The Labute approximate surface area is 116 Å². The molecule has 1 fully saturated rings. The number of carbonyl (C=O) groups is 1. The first-order valence-corrected chi connectivity index (χ1v) is 6.88. The molecule has 1 aromatic heterocycles. The Hall–Kier alpha value is -1.49. The Morgan fingerprint density at radius 2 is 2.26 bits per heavy atom. The molecule has 1 amide bonds. The number of likely N-dealkylation sites (tertiary alicyclic amines) is 1. The van der Waals surface area contributed by atoms with Crippen LogP contribution in [0.3, 0.4) is 0 Å². The molecule has 0 unspecified atom stereocenters. The molecule has 5 nitrogen and oxygen atoms in total. The molecule has 1 aliphatic heterocycles. The molecule has 0 saturated carbocycles. The molecule has 1 aromatic rings. The molecule has 1 aliphatic carbocycles. The van der Waals surface area contributed by atoms with Crippen molar-refractivity contribution in [3.05, 3.63) is 22.4 Å². The summed E-state index contributed by atoms with van der Waals surface area (Å²) in [4.78, 5) is 14.3. The minimum Gasteiger partial charge on any atom is -0.381 e. The van der Waals surface area contributed by atoms with Crippen LogP contribution in [0.15, 0.2) is 11.6 Å². The number of hydrogen-bond donors (Lipinski definition) is 2. The van der Waals surface area contributed by atoms with Gasteiger partial charge in [-0.05, 0) is 31.6 Å². The van der Waals surface area contributed by atoms with Gasteiger partial charge in [0.2, 0.25) is 0 Å². The van der Waals surface area contributed by atoms with Gasteiger partial charge < -0.3 is 10.6 Å². The molecular formula is C13H17ClN4O. The van der Waals surface area contributed by atoms with Gasteiger partial charge in [0.05, 0.1) is 0 Å². The number of anilines is 1. The lowest BCUT2D eigenvalue weighted by Gasteiger charge is -2.21. The molecule has 19 heavy (non-hydrogen) atoms. The van der Waals surface area contributed by atoms with Gasteiger partial charge in [-0.3, -0.25) is 9.89 Å². The monoisotopic (exact) mass is 280 g/mol. The molecule has 0 aromatic carbocycles. The maximum absolute atomic E-state index is 12.4. The Balaban J connectivity index is 1.75. The van der Waals surface area contributed by atoms with Gasteiger partial charge in [0, 0.05) is 13.1 Å². The molecule has 3 N–H and O–H groups in total. The summed E-state index contributed by atoms with van der Waals surface area (Å²) in [6.45, 7) is 3.75. The number of hydrogen-bond acceptors (Lipinski definition) is 3. The summed E-state index contributed by atoms with van der Waals surface area (Å²) >= 11 is 5.98. The van der Waals surface area contributed by atoms with Crippen LogP contribution in [0.1, 0.15) is 30.3 Å². The van der Waals surface area contributed by atoms with Crippen molar-refractivity contribution in [1.82, 2.24) is 15.1 Å². The number of nitrogens with two attached hydrogens (primary N) is 1. The molecule has 102 valence electrons. The first-order chi connectivity index (χ1) is 9.06. The number of rotatable bonds is 1. The Bertz CT molecular complexity index is 551. The van der Waals surface area contributed by atoms with E-state index in [1.54, 1.807) is 0 Å². The molecule has 0 radical (unpaired) electrons. The number of nitrogens with zero attached hydrogens (tertiary/aromatic N) is 2. The SMILES string of the molecule is CC1=CC[C@@H]2CN(C(=O)c3[nH]nc(N)c3Cl)C[C@@H]2C1. The normalized spacial score (nSPS) is 26.2. The van der Waals surface area contributed by atoms with Crippen LogP contribution in [0.2, 0.25) is 5.02 Å². The standard InChI is InChI=1S/C13H17ClN4O/c1-7-2-3-8-5-18(6-9(8)4-7)13(19)11-10(14)12(15)17-16-11/h2,8-9H,3-6H2,1H3,(H3,15,16,17)/t8-,9+/m1/s1. The molecule has 2 heterocycles. The van der Waals surface area contributed by atoms with Crippen LogP contribution in [0.25, 0.3) is 0 Å². The molecule has 2 aliphatic rings. The lowest BCUT2D eigenvalue weighted by atomic mass is 9.83. The first kappa shape index (κ1) is 12.5. The van der Waals surface area contributed by atoms with Crippen molar-refractivity contribution >= 4 is 23.3 Å². The molecule has 0 bridgehead atoms. The third-order valence-electron chi connectivity index (χ3n) is 4.16. The van der Waals surface area contributed by atoms with Gasteiger partial charge in [0.25, 0.3) is 5.91 Å². The van der Waals surface area contributed by atoms with Crippen LogP contribution in [0, 0.1) is 11.8 Å². The zero-order valence-electron chi connectivity index (χ0n) is 10.8. The van der Waals surface area contributed by atoms with E-state index in [1.807, 2.05) is 4.90 Å².